The molecule has 25 heavy (non-hydrogen) atoms. The van der Waals surface area contributed by atoms with Crippen LogP contribution in [0.15, 0.2) is 28.8 Å². The van der Waals surface area contributed by atoms with Crippen molar-refractivity contribution in [1.29, 1.82) is 0 Å². The van der Waals surface area contributed by atoms with Crippen LogP contribution in [0.25, 0.3) is 11.4 Å². The van der Waals surface area contributed by atoms with E-state index in [2.05, 4.69) is 10.1 Å². The van der Waals surface area contributed by atoms with Gasteiger partial charge in [-0.05, 0) is 30.7 Å². The molecular weight excluding hydrogens is 329 g/mol. The van der Waals surface area contributed by atoms with Crippen LogP contribution in [0.1, 0.15) is 25.7 Å². The lowest BCUT2D eigenvalue weighted by molar-refractivity contribution is -0.142. The van der Waals surface area contributed by atoms with E-state index in [4.69, 9.17) is 9.63 Å². The maximum Gasteiger partial charge on any atom is 0.308 e. The van der Waals surface area contributed by atoms with E-state index in [0.717, 1.165) is 0 Å². The van der Waals surface area contributed by atoms with Gasteiger partial charge in [0, 0.05) is 32.0 Å². The molecule has 1 atom stereocenters. The summed E-state index contributed by atoms with van der Waals surface area (Å²) in [4.78, 5) is 28.4. The first-order valence-corrected chi connectivity index (χ1v) is 7.92. The molecule has 8 heteroatoms. The Morgan fingerprint density at radius 3 is 2.64 bits per heavy atom. The number of carboxylic acids is 1. The molecule has 0 fully saturated rings. The van der Waals surface area contributed by atoms with Gasteiger partial charge < -0.3 is 14.5 Å². The summed E-state index contributed by atoms with van der Waals surface area (Å²) in [5.41, 5.74) is 0.648. The highest BCUT2D eigenvalue weighted by Gasteiger charge is 2.17. The zero-order chi connectivity index (χ0) is 18.4. The van der Waals surface area contributed by atoms with Gasteiger partial charge >= 0.3 is 5.97 Å². The Kier molecular flexibility index (Phi) is 6.21. The van der Waals surface area contributed by atoms with Crippen molar-refractivity contribution >= 4 is 11.9 Å². The third kappa shape index (κ3) is 5.37. The minimum atomic E-state index is -0.932. The molecule has 0 aliphatic carbocycles. The fourth-order valence-electron chi connectivity index (χ4n) is 2.25. The minimum Gasteiger partial charge on any atom is -0.481 e. The monoisotopic (exact) mass is 349 g/mol. The van der Waals surface area contributed by atoms with Crippen LogP contribution in [0.2, 0.25) is 0 Å². The van der Waals surface area contributed by atoms with Crippen LogP contribution in [-0.4, -0.2) is 45.6 Å². The number of hydrogen-bond donors (Lipinski definition) is 1. The lowest BCUT2D eigenvalue weighted by Crippen LogP contribution is -2.33. The van der Waals surface area contributed by atoms with Crippen molar-refractivity contribution < 1.29 is 23.6 Å². The van der Waals surface area contributed by atoms with Crippen molar-refractivity contribution in [3.05, 3.63) is 36.0 Å². The van der Waals surface area contributed by atoms with Crippen molar-refractivity contribution in [3.63, 3.8) is 0 Å². The number of aryl methyl sites for hydroxylation is 1. The van der Waals surface area contributed by atoms with Crippen molar-refractivity contribution in [2.75, 3.05) is 13.6 Å². The highest BCUT2D eigenvalue weighted by Crippen LogP contribution is 2.17. The molecular formula is C17H20FN3O4. The fourth-order valence-corrected chi connectivity index (χ4v) is 2.25. The first-order chi connectivity index (χ1) is 11.9. The third-order valence-corrected chi connectivity index (χ3v) is 3.75. The van der Waals surface area contributed by atoms with E-state index in [1.807, 2.05) is 0 Å². The first kappa shape index (κ1) is 18.6. The Labute approximate surface area is 144 Å². The standard InChI is InChI=1S/C17H20FN3O4/c1-11(17(23)24)10-21(2)15(22)5-3-4-14-19-16(20-25-14)12-6-8-13(18)9-7-12/h6-9,11H,3-5,10H2,1-2H3,(H,23,24). The Morgan fingerprint density at radius 1 is 1.32 bits per heavy atom. The normalized spacial score (nSPS) is 12.0. The SMILES string of the molecule is CC(CN(C)C(=O)CCCc1nc(-c2ccc(F)cc2)no1)C(=O)O. The van der Waals surface area contributed by atoms with Crippen molar-refractivity contribution in [2.24, 2.45) is 5.92 Å². The molecule has 2 rings (SSSR count). The van der Waals surface area contributed by atoms with Crippen LogP contribution in [-0.2, 0) is 16.0 Å². The van der Waals surface area contributed by atoms with Crippen molar-refractivity contribution in [2.45, 2.75) is 26.2 Å². The molecule has 0 saturated heterocycles. The second-order valence-corrected chi connectivity index (χ2v) is 5.89. The van der Waals surface area contributed by atoms with Crippen LogP contribution in [0.3, 0.4) is 0 Å². The average molecular weight is 349 g/mol. The van der Waals surface area contributed by atoms with E-state index in [0.29, 0.717) is 30.1 Å². The molecule has 0 aliphatic rings. The molecule has 0 bridgehead atoms. The highest BCUT2D eigenvalue weighted by molar-refractivity contribution is 5.77. The van der Waals surface area contributed by atoms with E-state index < -0.39 is 11.9 Å². The van der Waals surface area contributed by atoms with Crippen LogP contribution < -0.4 is 0 Å². The van der Waals surface area contributed by atoms with Crippen LogP contribution in [0, 0.1) is 11.7 Å². The van der Waals surface area contributed by atoms with Crippen molar-refractivity contribution in [3.8, 4) is 11.4 Å². The Hall–Kier alpha value is -2.77. The number of amides is 1. The van der Waals surface area contributed by atoms with Crippen LogP contribution in [0.5, 0.6) is 0 Å². The zero-order valence-corrected chi connectivity index (χ0v) is 14.1. The number of benzene rings is 1. The molecule has 1 amide bonds. The first-order valence-electron chi connectivity index (χ1n) is 7.92. The van der Waals surface area contributed by atoms with E-state index in [1.165, 1.54) is 17.0 Å². The Bertz CT molecular complexity index is 730. The van der Waals surface area contributed by atoms with E-state index in [9.17, 15) is 14.0 Å². The van der Waals surface area contributed by atoms with E-state index in [-0.39, 0.29) is 24.7 Å². The molecule has 2 aromatic rings. The number of carboxylic acid groups (broad SMARTS) is 1. The second kappa shape index (κ2) is 8.36. The zero-order valence-electron chi connectivity index (χ0n) is 14.1. The van der Waals surface area contributed by atoms with E-state index in [1.54, 1.807) is 26.1 Å². The van der Waals surface area contributed by atoms with Gasteiger partial charge in [-0.3, -0.25) is 9.59 Å². The van der Waals surface area contributed by atoms with E-state index >= 15 is 0 Å². The van der Waals surface area contributed by atoms with Gasteiger partial charge in [0.15, 0.2) is 0 Å². The van der Waals surface area contributed by atoms with Gasteiger partial charge in [-0.15, -0.1) is 0 Å². The molecule has 1 aromatic heterocycles. The fraction of sp³-hybridized carbons (Fsp3) is 0.412. The predicted octanol–water partition coefficient (Wildman–Crippen LogP) is 2.38. The molecule has 0 aliphatic heterocycles. The molecule has 0 radical (unpaired) electrons. The van der Waals surface area contributed by atoms with Gasteiger partial charge in [-0.1, -0.05) is 12.1 Å². The molecule has 0 saturated carbocycles. The number of hydrogen-bond acceptors (Lipinski definition) is 5. The lowest BCUT2D eigenvalue weighted by Gasteiger charge is -2.19. The quantitative estimate of drug-likeness (QED) is 0.786. The summed E-state index contributed by atoms with van der Waals surface area (Å²) in [6.45, 7) is 1.73. The van der Waals surface area contributed by atoms with Crippen LogP contribution in [0.4, 0.5) is 4.39 Å². The summed E-state index contributed by atoms with van der Waals surface area (Å²) < 4.78 is 18.0. The number of nitrogens with zero attached hydrogens (tertiary/aromatic N) is 3. The number of halogens is 1. The molecule has 1 unspecified atom stereocenters. The minimum absolute atomic E-state index is 0.133. The lowest BCUT2D eigenvalue weighted by atomic mass is 10.1. The highest BCUT2D eigenvalue weighted by atomic mass is 19.1. The number of aliphatic carboxylic acids is 1. The van der Waals surface area contributed by atoms with Gasteiger partial charge in [-0.2, -0.15) is 4.98 Å². The summed E-state index contributed by atoms with van der Waals surface area (Å²) in [5.74, 6) is -1.25. The Balaban J connectivity index is 1.81. The largest absolute Gasteiger partial charge is 0.481 e. The molecule has 0 spiro atoms. The van der Waals surface area contributed by atoms with Gasteiger partial charge in [0.25, 0.3) is 0 Å². The molecule has 1 aromatic carbocycles. The summed E-state index contributed by atoms with van der Waals surface area (Å²) in [7, 11) is 1.58. The number of aromatic nitrogens is 2. The topological polar surface area (TPSA) is 96.5 Å². The smallest absolute Gasteiger partial charge is 0.308 e. The third-order valence-electron chi connectivity index (χ3n) is 3.75. The molecule has 134 valence electrons. The maximum absolute atomic E-state index is 12.9. The van der Waals surface area contributed by atoms with Crippen molar-refractivity contribution in [1.82, 2.24) is 15.0 Å². The maximum atomic E-state index is 12.9. The Morgan fingerprint density at radius 2 is 2.00 bits per heavy atom. The van der Waals surface area contributed by atoms with Gasteiger partial charge in [0.05, 0.1) is 5.92 Å². The summed E-state index contributed by atoms with van der Waals surface area (Å²) >= 11 is 0. The number of carbonyl (C=O) groups is 2. The van der Waals surface area contributed by atoms with Gasteiger partial charge in [-0.25, -0.2) is 4.39 Å². The predicted molar refractivity (Wildman–Crippen MR) is 87.1 cm³/mol. The summed E-state index contributed by atoms with van der Waals surface area (Å²) in [6, 6.07) is 5.76. The second-order valence-electron chi connectivity index (χ2n) is 5.89. The summed E-state index contributed by atoms with van der Waals surface area (Å²) in [6.07, 6.45) is 1.20. The average Bonchev–Trinajstić information content (AvgIpc) is 3.04. The van der Waals surface area contributed by atoms with Gasteiger partial charge in [0.2, 0.25) is 17.6 Å². The van der Waals surface area contributed by atoms with Crippen LogP contribution >= 0.6 is 0 Å². The number of rotatable bonds is 8. The molecule has 1 N–H and O–H groups in total. The van der Waals surface area contributed by atoms with Gasteiger partial charge in [0.1, 0.15) is 5.82 Å². The molecule has 7 nitrogen and oxygen atoms in total. The number of carbonyl (C=O) groups excluding carboxylic acids is 1. The molecule has 1 heterocycles. The summed E-state index contributed by atoms with van der Waals surface area (Å²) in [5, 5.41) is 12.7.